The normalized spacial score (nSPS) is 21.4. The van der Waals surface area contributed by atoms with Crippen LogP contribution in [0.15, 0.2) is 54.6 Å². The zero-order valence-corrected chi connectivity index (χ0v) is 22.0. The van der Waals surface area contributed by atoms with Crippen molar-refractivity contribution >= 4 is 17.9 Å². The van der Waals surface area contributed by atoms with Gasteiger partial charge in [-0.2, -0.15) is 0 Å². The molecule has 3 N–H and O–H groups in total. The van der Waals surface area contributed by atoms with Gasteiger partial charge in [0, 0.05) is 12.5 Å². The fraction of sp³-hybridized carbons (Fsp3) is 0.483. The predicted octanol–water partition coefficient (Wildman–Crippen LogP) is 4.12. The van der Waals surface area contributed by atoms with E-state index in [4.69, 9.17) is 9.47 Å². The molecule has 37 heavy (non-hydrogen) atoms. The Labute approximate surface area is 219 Å². The minimum absolute atomic E-state index is 0.0319. The van der Waals surface area contributed by atoms with E-state index in [1.807, 2.05) is 75.4 Å². The van der Waals surface area contributed by atoms with Gasteiger partial charge in [-0.25, -0.2) is 4.79 Å². The van der Waals surface area contributed by atoms with Crippen molar-refractivity contribution in [3.63, 3.8) is 0 Å². The topological polar surface area (TPSA) is 106 Å². The van der Waals surface area contributed by atoms with Gasteiger partial charge in [-0.3, -0.25) is 9.59 Å². The SMILES string of the molecule is CC(C)C[C@@H]1NC(=O)[C@@H](NC(=O)OCc2ccccc2)Cc2ccc(cc2)OCCCC[C@@H](C)NC1=O. The zero-order chi connectivity index (χ0) is 26.6. The Kier molecular flexibility index (Phi) is 10.8. The Morgan fingerprint density at radius 3 is 2.46 bits per heavy atom. The average molecular weight is 510 g/mol. The van der Waals surface area contributed by atoms with Gasteiger partial charge in [-0.1, -0.05) is 56.3 Å². The maximum absolute atomic E-state index is 13.4. The summed E-state index contributed by atoms with van der Waals surface area (Å²) in [6.45, 7) is 6.65. The smallest absolute Gasteiger partial charge is 0.408 e. The van der Waals surface area contributed by atoms with Crippen LogP contribution in [0.5, 0.6) is 5.75 Å². The van der Waals surface area contributed by atoms with Crippen molar-refractivity contribution < 1.29 is 23.9 Å². The van der Waals surface area contributed by atoms with Crippen molar-refractivity contribution in [2.24, 2.45) is 5.92 Å². The van der Waals surface area contributed by atoms with Crippen molar-refractivity contribution in [2.45, 2.75) is 77.6 Å². The van der Waals surface area contributed by atoms with Gasteiger partial charge >= 0.3 is 6.09 Å². The number of rotatable bonds is 5. The van der Waals surface area contributed by atoms with E-state index in [-0.39, 0.29) is 30.9 Å². The third-order valence-electron chi connectivity index (χ3n) is 6.21. The van der Waals surface area contributed by atoms with Crippen LogP contribution >= 0.6 is 0 Å². The number of nitrogens with one attached hydrogen (secondary N) is 3. The van der Waals surface area contributed by atoms with Crippen LogP contribution in [-0.4, -0.2) is 42.6 Å². The molecular weight excluding hydrogens is 470 g/mol. The molecule has 3 atom stereocenters. The van der Waals surface area contributed by atoms with Crippen LogP contribution in [0.2, 0.25) is 0 Å². The average Bonchev–Trinajstić information content (AvgIpc) is 2.87. The van der Waals surface area contributed by atoms with Gasteiger partial charge in [0.1, 0.15) is 24.4 Å². The molecule has 0 unspecified atom stereocenters. The van der Waals surface area contributed by atoms with Crippen LogP contribution in [0.25, 0.3) is 0 Å². The molecule has 2 aliphatic rings. The second-order valence-electron chi connectivity index (χ2n) is 10.1. The molecule has 2 aromatic rings. The molecule has 8 heteroatoms. The molecule has 3 amide bonds. The van der Waals surface area contributed by atoms with E-state index in [1.54, 1.807) is 0 Å². The second kappa shape index (κ2) is 14.3. The lowest BCUT2D eigenvalue weighted by Crippen LogP contribution is -2.55. The highest BCUT2D eigenvalue weighted by Crippen LogP contribution is 2.16. The predicted molar refractivity (Wildman–Crippen MR) is 142 cm³/mol. The lowest BCUT2D eigenvalue weighted by Gasteiger charge is -2.25. The second-order valence-corrected chi connectivity index (χ2v) is 10.1. The standard InChI is InChI=1S/C29H39N3O5/c1-20(2)17-25-27(33)30-21(3)9-7-8-16-36-24-14-12-22(13-15-24)18-26(28(34)31-25)32-29(35)37-19-23-10-5-4-6-11-23/h4-6,10-15,20-21,25-26H,7-9,16-19H2,1-3H3,(H,30,33)(H,31,34)(H,32,35)/t21-,25+,26+/m1/s1. The summed E-state index contributed by atoms with van der Waals surface area (Å²) in [6, 6.07) is 15.1. The highest BCUT2D eigenvalue weighted by atomic mass is 16.5. The Morgan fingerprint density at radius 2 is 1.76 bits per heavy atom. The molecule has 0 aromatic heterocycles. The van der Waals surface area contributed by atoms with Crippen LogP contribution in [-0.2, 0) is 27.4 Å². The number of hydrogen-bond acceptors (Lipinski definition) is 5. The fourth-order valence-corrected chi connectivity index (χ4v) is 4.21. The van der Waals surface area contributed by atoms with E-state index in [2.05, 4.69) is 16.0 Å². The summed E-state index contributed by atoms with van der Waals surface area (Å²) in [5.41, 5.74) is 1.69. The summed E-state index contributed by atoms with van der Waals surface area (Å²) in [4.78, 5) is 39.1. The summed E-state index contributed by atoms with van der Waals surface area (Å²) < 4.78 is 11.2. The van der Waals surface area contributed by atoms with Crippen molar-refractivity contribution in [3.8, 4) is 5.75 Å². The molecule has 4 rings (SSSR count). The zero-order valence-electron chi connectivity index (χ0n) is 22.0. The van der Waals surface area contributed by atoms with Gasteiger partial charge in [0.15, 0.2) is 0 Å². The van der Waals surface area contributed by atoms with Gasteiger partial charge in [0.05, 0.1) is 6.61 Å². The van der Waals surface area contributed by atoms with E-state index in [9.17, 15) is 14.4 Å². The molecule has 0 fully saturated rings. The molecule has 0 aliphatic carbocycles. The van der Waals surface area contributed by atoms with Gasteiger partial charge in [0.25, 0.3) is 0 Å². The Hall–Kier alpha value is -3.55. The van der Waals surface area contributed by atoms with Crippen LogP contribution < -0.4 is 20.7 Å². The number of fused-ring (bicyclic) bond motifs is 14. The molecule has 200 valence electrons. The van der Waals surface area contributed by atoms with E-state index in [0.717, 1.165) is 36.1 Å². The number of hydrogen-bond donors (Lipinski definition) is 3. The summed E-state index contributed by atoms with van der Waals surface area (Å²) in [6.07, 6.45) is 2.63. The Balaban J connectivity index is 1.78. The highest BCUT2D eigenvalue weighted by molar-refractivity contribution is 5.91. The first-order chi connectivity index (χ1) is 17.8. The summed E-state index contributed by atoms with van der Waals surface area (Å²) in [5.74, 6) is 0.286. The first-order valence-corrected chi connectivity index (χ1v) is 13.1. The van der Waals surface area contributed by atoms with Crippen LogP contribution in [0.1, 0.15) is 57.6 Å². The molecule has 0 saturated heterocycles. The third-order valence-corrected chi connectivity index (χ3v) is 6.21. The third kappa shape index (κ3) is 9.79. The molecule has 2 aromatic carbocycles. The quantitative estimate of drug-likeness (QED) is 0.562. The molecule has 2 heterocycles. The minimum atomic E-state index is -0.925. The molecular formula is C29H39N3O5. The lowest BCUT2D eigenvalue weighted by atomic mass is 10.0. The number of carbonyl (C=O) groups excluding carboxylic acids is 3. The molecule has 2 bridgehead atoms. The first kappa shape index (κ1) is 28.0. The van der Waals surface area contributed by atoms with Gasteiger partial charge < -0.3 is 25.4 Å². The molecule has 8 nitrogen and oxygen atoms in total. The maximum atomic E-state index is 13.4. The van der Waals surface area contributed by atoms with E-state index < -0.39 is 24.1 Å². The van der Waals surface area contributed by atoms with Gasteiger partial charge in [-0.15, -0.1) is 0 Å². The number of ether oxygens (including phenoxy) is 2. The van der Waals surface area contributed by atoms with Crippen molar-refractivity contribution in [1.82, 2.24) is 16.0 Å². The van der Waals surface area contributed by atoms with Crippen molar-refractivity contribution in [1.29, 1.82) is 0 Å². The summed E-state index contributed by atoms with van der Waals surface area (Å²) >= 11 is 0. The van der Waals surface area contributed by atoms with E-state index in [0.29, 0.717) is 13.0 Å². The summed E-state index contributed by atoms with van der Waals surface area (Å²) in [7, 11) is 0. The minimum Gasteiger partial charge on any atom is -0.494 e. The van der Waals surface area contributed by atoms with Crippen molar-refractivity contribution in [2.75, 3.05) is 6.61 Å². The van der Waals surface area contributed by atoms with Gasteiger partial charge in [-0.05, 0) is 61.8 Å². The summed E-state index contributed by atoms with van der Waals surface area (Å²) in [5, 5.41) is 8.62. The van der Waals surface area contributed by atoms with Crippen LogP contribution in [0.4, 0.5) is 4.79 Å². The van der Waals surface area contributed by atoms with Crippen LogP contribution in [0, 0.1) is 5.92 Å². The largest absolute Gasteiger partial charge is 0.494 e. The lowest BCUT2D eigenvalue weighted by molar-refractivity contribution is -0.130. The Bertz CT molecular complexity index is 1010. The van der Waals surface area contributed by atoms with Crippen molar-refractivity contribution in [3.05, 3.63) is 65.7 Å². The van der Waals surface area contributed by atoms with E-state index >= 15 is 0 Å². The van der Waals surface area contributed by atoms with E-state index in [1.165, 1.54) is 0 Å². The fourth-order valence-electron chi connectivity index (χ4n) is 4.21. The first-order valence-electron chi connectivity index (χ1n) is 13.1. The van der Waals surface area contributed by atoms with Gasteiger partial charge in [0.2, 0.25) is 11.8 Å². The number of alkyl carbamates (subject to hydrolysis) is 1. The monoisotopic (exact) mass is 509 g/mol. The number of benzene rings is 2. The highest BCUT2D eigenvalue weighted by Gasteiger charge is 2.28. The number of carbonyl (C=O) groups is 3. The number of amides is 3. The molecule has 0 spiro atoms. The Morgan fingerprint density at radius 1 is 1.03 bits per heavy atom. The molecule has 0 saturated carbocycles. The maximum Gasteiger partial charge on any atom is 0.408 e. The van der Waals surface area contributed by atoms with Crippen LogP contribution in [0.3, 0.4) is 0 Å². The molecule has 0 radical (unpaired) electrons. The molecule has 2 aliphatic heterocycles.